The zero-order valence-corrected chi connectivity index (χ0v) is 11.0. The number of piperidine rings is 1. The number of hydrogen-bond donors (Lipinski definition) is 1. The Kier molecular flexibility index (Phi) is 4.35. The van der Waals surface area contributed by atoms with Crippen molar-refractivity contribution < 1.29 is 0 Å². The summed E-state index contributed by atoms with van der Waals surface area (Å²) in [7, 11) is 0. The lowest BCUT2D eigenvalue weighted by atomic mass is 9.84. The van der Waals surface area contributed by atoms with Gasteiger partial charge in [-0.25, -0.2) is 0 Å². The molecule has 0 bridgehead atoms. The van der Waals surface area contributed by atoms with Crippen LogP contribution in [-0.4, -0.2) is 24.5 Å². The van der Waals surface area contributed by atoms with Crippen LogP contribution in [0.1, 0.15) is 36.9 Å². The molecule has 0 aromatic heterocycles. The van der Waals surface area contributed by atoms with Crippen molar-refractivity contribution in [3.63, 3.8) is 0 Å². The second-order valence-electron chi connectivity index (χ2n) is 4.95. The molecule has 2 N–H and O–H groups in total. The van der Waals surface area contributed by atoms with Gasteiger partial charge in [-0.3, -0.25) is 4.90 Å². The molecule has 1 fully saturated rings. The Hall–Kier alpha value is -1.37. The first kappa shape index (κ1) is 13.1. The highest BCUT2D eigenvalue weighted by molar-refractivity contribution is 5.33. The van der Waals surface area contributed by atoms with Gasteiger partial charge in [0.05, 0.1) is 11.6 Å². The highest BCUT2D eigenvalue weighted by Crippen LogP contribution is 2.35. The summed E-state index contributed by atoms with van der Waals surface area (Å²) in [5, 5.41) is 8.85. The smallest absolute Gasteiger partial charge is 0.0991 e. The van der Waals surface area contributed by atoms with E-state index in [9.17, 15) is 0 Å². The third-order valence-corrected chi connectivity index (χ3v) is 3.95. The first-order chi connectivity index (χ1) is 8.80. The Balaban J connectivity index is 2.27. The molecule has 0 saturated carbocycles. The summed E-state index contributed by atoms with van der Waals surface area (Å²) in [6.07, 6.45) is 2.44. The minimum atomic E-state index is 0.418. The molecule has 1 aliphatic heterocycles. The van der Waals surface area contributed by atoms with E-state index in [1.165, 1.54) is 18.4 Å². The fourth-order valence-electron chi connectivity index (χ4n) is 2.99. The van der Waals surface area contributed by atoms with Gasteiger partial charge in [0.2, 0.25) is 0 Å². The quantitative estimate of drug-likeness (QED) is 0.886. The highest BCUT2D eigenvalue weighted by atomic mass is 15.2. The Morgan fingerprint density at radius 1 is 1.39 bits per heavy atom. The molecule has 18 heavy (non-hydrogen) atoms. The topological polar surface area (TPSA) is 53.0 Å². The van der Waals surface area contributed by atoms with Gasteiger partial charge in [-0.1, -0.05) is 19.1 Å². The van der Waals surface area contributed by atoms with Gasteiger partial charge in [0.15, 0.2) is 0 Å². The maximum Gasteiger partial charge on any atom is 0.0991 e. The third-order valence-electron chi connectivity index (χ3n) is 3.95. The molecule has 0 spiro atoms. The molecule has 2 unspecified atom stereocenters. The van der Waals surface area contributed by atoms with Crippen molar-refractivity contribution in [3.8, 4) is 6.07 Å². The molecule has 0 radical (unpaired) electrons. The average molecular weight is 243 g/mol. The van der Waals surface area contributed by atoms with E-state index in [-0.39, 0.29) is 0 Å². The lowest BCUT2D eigenvalue weighted by molar-refractivity contribution is 0.102. The van der Waals surface area contributed by atoms with Crippen LogP contribution in [0.15, 0.2) is 24.3 Å². The van der Waals surface area contributed by atoms with Crippen LogP contribution in [0.4, 0.5) is 0 Å². The van der Waals surface area contributed by atoms with E-state index >= 15 is 0 Å². The van der Waals surface area contributed by atoms with Crippen molar-refractivity contribution in [2.45, 2.75) is 25.8 Å². The van der Waals surface area contributed by atoms with Crippen LogP contribution in [0.3, 0.4) is 0 Å². The number of nitrogens with two attached hydrogens (primary N) is 1. The number of likely N-dealkylation sites (tertiary alicyclic amines) is 1. The molecule has 3 nitrogen and oxygen atoms in total. The molecule has 1 aromatic carbocycles. The minimum absolute atomic E-state index is 0.418. The molecule has 1 saturated heterocycles. The first-order valence-corrected chi connectivity index (χ1v) is 6.74. The molecule has 2 atom stereocenters. The predicted molar refractivity (Wildman–Crippen MR) is 72.9 cm³/mol. The Labute approximate surface area is 109 Å². The molecule has 1 aromatic rings. The summed E-state index contributed by atoms with van der Waals surface area (Å²) in [5.41, 5.74) is 7.95. The molecule has 96 valence electrons. The summed E-state index contributed by atoms with van der Waals surface area (Å²) in [5.74, 6) is 0.534. The average Bonchev–Trinajstić information content (AvgIpc) is 2.46. The van der Waals surface area contributed by atoms with E-state index in [1.54, 1.807) is 0 Å². The van der Waals surface area contributed by atoms with Gasteiger partial charge in [-0.2, -0.15) is 5.26 Å². The second kappa shape index (κ2) is 5.99. The van der Waals surface area contributed by atoms with Crippen LogP contribution in [0.2, 0.25) is 0 Å². The monoisotopic (exact) mass is 243 g/mol. The summed E-state index contributed by atoms with van der Waals surface area (Å²) in [4.78, 5) is 2.50. The van der Waals surface area contributed by atoms with Crippen LogP contribution in [-0.2, 0) is 0 Å². The highest BCUT2D eigenvalue weighted by Gasteiger charge is 2.30. The third kappa shape index (κ3) is 2.55. The van der Waals surface area contributed by atoms with Crippen molar-refractivity contribution in [2.24, 2.45) is 11.7 Å². The number of hydrogen-bond acceptors (Lipinski definition) is 3. The summed E-state index contributed by atoms with van der Waals surface area (Å²) < 4.78 is 0. The van der Waals surface area contributed by atoms with Crippen molar-refractivity contribution >= 4 is 0 Å². The van der Waals surface area contributed by atoms with Crippen LogP contribution >= 0.6 is 0 Å². The van der Waals surface area contributed by atoms with Crippen molar-refractivity contribution in [3.05, 3.63) is 35.4 Å². The van der Waals surface area contributed by atoms with Crippen molar-refractivity contribution in [1.29, 1.82) is 5.26 Å². The molecule has 1 aliphatic rings. The fraction of sp³-hybridized carbons (Fsp3) is 0.533. The van der Waals surface area contributed by atoms with E-state index in [0.717, 1.165) is 25.2 Å². The number of nitrogens with zero attached hydrogens (tertiary/aromatic N) is 2. The molecule has 1 heterocycles. The van der Waals surface area contributed by atoms with Crippen LogP contribution in [0, 0.1) is 17.2 Å². The normalized spacial score (nSPS) is 24.7. The standard InChI is InChI=1S/C15H21N3/c1-2-18-9-3-4-14(11-17)15(18)13-7-5-12(10-16)6-8-13/h5-8,14-15H,2-4,9,11,17H2,1H3. The van der Waals surface area contributed by atoms with Gasteiger partial charge in [0.1, 0.15) is 0 Å². The molecular weight excluding hydrogens is 222 g/mol. The number of benzene rings is 1. The summed E-state index contributed by atoms with van der Waals surface area (Å²) in [6, 6.07) is 10.6. The lowest BCUT2D eigenvalue weighted by Crippen LogP contribution is -2.41. The number of nitriles is 1. The Bertz CT molecular complexity index is 406. The van der Waals surface area contributed by atoms with Gasteiger partial charge in [0, 0.05) is 6.04 Å². The molecule has 3 heteroatoms. The first-order valence-electron chi connectivity index (χ1n) is 6.74. The summed E-state index contributed by atoms with van der Waals surface area (Å²) >= 11 is 0. The largest absolute Gasteiger partial charge is 0.330 e. The molecular formula is C15H21N3. The molecule has 0 aliphatic carbocycles. The molecule has 2 rings (SSSR count). The van der Waals surface area contributed by atoms with E-state index < -0.39 is 0 Å². The van der Waals surface area contributed by atoms with Crippen molar-refractivity contribution in [2.75, 3.05) is 19.6 Å². The van der Waals surface area contributed by atoms with Gasteiger partial charge >= 0.3 is 0 Å². The van der Waals surface area contributed by atoms with Crippen LogP contribution in [0.25, 0.3) is 0 Å². The van der Waals surface area contributed by atoms with Crippen molar-refractivity contribution in [1.82, 2.24) is 4.90 Å². The second-order valence-corrected chi connectivity index (χ2v) is 4.95. The lowest BCUT2D eigenvalue weighted by Gasteiger charge is -2.41. The SMILES string of the molecule is CCN1CCCC(CN)C1c1ccc(C#N)cc1. The zero-order valence-electron chi connectivity index (χ0n) is 11.0. The van der Waals surface area contributed by atoms with Crippen LogP contribution in [0.5, 0.6) is 0 Å². The van der Waals surface area contributed by atoms with Gasteiger partial charge in [-0.15, -0.1) is 0 Å². The van der Waals surface area contributed by atoms with E-state index in [2.05, 4.69) is 30.0 Å². The van der Waals surface area contributed by atoms with Gasteiger partial charge in [0.25, 0.3) is 0 Å². The van der Waals surface area contributed by atoms with Gasteiger partial charge in [-0.05, 0) is 56.1 Å². The minimum Gasteiger partial charge on any atom is -0.330 e. The van der Waals surface area contributed by atoms with E-state index in [0.29, 0.717) is 12.0 Å². The van der Waals surface area contributed by atoms with E-state index in [1.807, 2.05) is 12.1 Å². The maximum atomic E-state index is 8.85. The van der Waals surface area contributed by atoms with Gasteiger partial charge < -0.3 is 5.73 Å². The zero-order chi connectivity index (χ0) is 13.0. The Morgan fingerprint density at radius 3 is 2.67 bits per heavy atom. The fourth-order valence-corrected chi connectivity index (χ4v) is 2.99. The summed E-state index contributed by atoms with van der Waals surface area (Å²) in [6.45, 7) is 5.15. The predicted octanol–water partition coefficient (Wildman–Crippen LogP) is 2.29. The molecule has 0 amide bonds. The number of rotatable bonds is 3. The maximum absolute atomic E-state index is 8.85. The van der Waals surface area contributed by atoms with Crippen LogP contribution < -0.4 is 5.73 Å². The Morgan fingerprint density at radius 2 is 2.11 bits per heavy atom. The van der Waals surface area contributed by atoms with E-state index in [4.69, 9.17) is 11.0 Å².